The van der Waals surface area contributed by atoms with Crippen LogP contribution in [-0.4, -0.2) is 17.3 Å². The van der Waals surface area contributed by atoms with Crippen LogP contribution >= 0.6 is 0 Å². The van der Waals surface area contributed by atoms with Gasteiger partial charge in [-0.1, -0.05) is 17.7 Å². The monoisotopic (exact) mass is 352 g/mol. The summed E-state index contributed by atoms with van der Waals surface area (Å²) >= 11 is 0. The van der Waals surface area contributed by atoms with Crippen molar-refractivity contribution in [3.8, 4) is 28.4 Å². The normalized spacial score (nSPS) is 10.7. The maximum atomic E-state index is 12.9. The lowest BCUT2D eigenvalue weighted by Crippen LogP contribution is -2.05. The van der Waals surface area contributed by atoms with Crippen molar-refractivity contribution in [3.63, 3.8) is 0 Å². The van der Waals surface area contributed by atoms with Crippen LogP contribution in [0.4, 0.5) is 0 Å². The van der Waals surface area contributed by atoms with Crippen LogP contribution in [0.25, 0.3) is 22.1 Å². The van der Waals surface area contributed by atoms with Crippen LogP contribution in [0.2, 0.25) is 0 Å². The van der Waals surface area contributed by atoms with Crippen LogP contribution in [0, 0.1) is 0 Å². The summed E-state index contributed by atoms with van der Waals surface area (Å²) in [5.74, 6) is 0.296. The highest BCUT2D eigenvalue weighted by Crippen LogP contribution is 2.32. The number of allylic oxidation sites excluding steroid dienone is 2. The number of fused-ring (bicyclic) bond motifs is 1. The molecule has 0 aliphatic carbocycles. The zero-order valence-electron chi connectivity index (χ0n) is 14.9. The average Bonchev–Trinajstić information content (AvgIpc) is 2.61. The second kappa shape index (κ2) is 6.96. The standard InChI is InChI=1S/C21H20O5/c1-12(2)4-5-14-8-13(6-7-17(14)22)16-11-26-19-10-18(23)20(25-3)9-15(19)21(16)24/h4,6-11,22-23H,5H2,1-3H3. The van der Waals surface area contributed by atoms with Gasteiger partial charge in [-0.2, -0.15) is 0 Å². The molecule has 0 fully saturated rings. The van der Waals surface area contributed by atoms with Crippen molar-refractivity contribution in [3.05, 3.63) is 64.0 Å². The van der Waals surface area contributed by atoms with E-state index in [1.807, 2.05) is 19.9 Å². The van der Waals surface area contributed by atoms with Gasteiger partial charge in [0.1, 0.15) is 17.6 Å². The Labute approximate surface area is 150 Å². The molecule has 5 heteroatoms. The van der Waals surface area contributed by atoms with E-state index in [0.29, 0.717) is 22.9 Å². The van der Waals surface area contributed by atoms with Crippen molar-refractivity contribution in [1.29, 1.82) is 0 Å². The third-order valence-electron chi connectivity index (χ3n) is 4.19. The Morgan fingerprint density at radius 2 is 1.92 bits per heavy atom. The molecule has 0 spiro atoms. The fourth-order valence-electron chi connectivity index (χ4n) is 2.74. The zero-order chi connectivity index (χ0) is 18.8. The molecule has 0 atom stereocenters. The SMILES string of the molecule is COc1cc2c(=O)c(-c3ccc(O)c(CC=C(C)C)c3)coc2cc1O. The maximum Gasteiger partial charge on any atom is 0.200 e. The Morgan fingerprint density at radius 1 is 1.15 bits per heavy atom. The molecule has 0 radical (unpaired) electrons. The van der Waals surface area contributed by atoms with Gasteiger partial charge in [0, 0.05) is 6.07 Å². The smallest absolute Gasteiger partial charge is 0.200 e. The molecule has 2 N–H and O–H groups in total. The molecule has 0 amide bonds. The Hall–Kier alpha value is -3.21. The maximum absolute atomic E-state index is 12.9. The molecule has 0 unspecified atom stereocenters. The molecule has 5 nitrogen and oxygen atoms in total. The number of phenolic OH excluding ortho intramolecular Hbond substituents is 2. The minimum atomic E-state index is -0.233. The van der Waals surface area contributed by atoms with Crippen molar-refractivity contribution in [1.82, 2.24) is 0 Å². The molecule has 3 aromatic rings. The first-order valence-corrected chi connectivity index (χ1v) is 8.19. The fourth-order valence-corrected chi connectivity index (χ4v) is 2.74. The van der Waals surface area contributed by atoms with Crippen LogP contribution in [-0.2, 0) is 6.42 Å². The third-order valence-corrected chi connectivity index (χ3v) is 4.19. The van der Waals surface area contributed by atoms with Gasteiger partial charge < -0.3 is 19.4 Å². The summed E-state index contributed by atoms with van der Waals surface area (Å²) in [4.78, 5) is 12.9. The van der Waals surface area contributed by atoms with E-state index in [1.165, 1.54) is 25.5 Å². The molecule has 0 aliphatic rings. The van der Waals surface area contributed by atoms with Gasteiger partial charge in [0.15, 0.2) is 11.5 Å². The van der Waals surface area contributed by atoms with Gasteiger partial charge in [-0.3, -0.25) is 4.79 Å². The number of benzene rings is 2. The fraction of sp³-hybridized carbons (Fsp3) is 0.190. The van der Waals surface area contributed by atoms with E-state index < -0.39 is 0 Å². The van der Waals surface area contributed by atoms with Crippen LogP contribution in [0.15, 0.2) is 57.5 Å². The number of methoxy groups -OCH3 is 1. The zero-order valence-corrected chi connectivity index (χ0v) is 14.9. The van der Waals surface area contributed by atoms with E-state index in [9.17, 15) is 15.0 Å². The quantitative estimate of drug-likeness (QED) is 0.681. The highest BCUT2D eigenvalue weighted by molar-refractivity contribution is 5.84. The average molecular weight is 352 g/mol. The number of hydrogen-bond donors (Lipinski definition) is 2. The Bertz CT molecular complexity index is 1060. The molecule has 1 heterocycles. The van der Waals surface area contributed by atoms with E-state index in [-0.39, 0.29) is 28.3 Å². The number of aromatic hydroxyl groups is 2. The van der Waals surface area contributed by atoms with E-state index in [2.05, 4.69) is 0 Å². The van der Waals surface area contributed by atoms with Crippen molar-refractivity contribution < 1.29 is 19.4 Å². The summed E-state index contributed by atoms with van der Waals surface area (Å²) in [5, 5.41) is 20.2. The van der Waals surface area contributed by atoms with Crippen LogP contribution < -0.4 is 10.2 Å². The lowest BCUT2D eigenvalue weighted by molar-refractivity contribution is 0.373. The van der Waals surface area contributed by atoms with Gasteiger partial charge >= 0.3 is 0 Å². The van der Waals surface area contributed by atoms with Crippen molar-refractivity contribution in [2.45, 2.75) is 20.3 Å². The van der Waals surface area contributed by atoms with Gasteiger partial charge in [-0.25, -0.2) is 0 Å². The van der Waals surface area contributed by atoms with Gasteiger partial charge in [0.05, 0.1) is 18.1 Å². The summed E-state index contributed by atoms with van der Waals surface area (Å²) in [7, 11) is 1.42. The lowest BCUT2D eigenvalue weighted by Gasteiger charge is -2.08. The molecule has 0 aliphatic heterocycles. The summed E-state index contributed by atoms with van der Waals surface area (Å²) in [6.45, 7) is 3.98. The summed E-state index contributed by atoms with van der Waals surface area (Å²) in [6, 6.07) is 7.85. The van der Waals surface area contributed by atoms with Gasteiger partial charge in [-0.15, -0.1) is 0 Å². The molecular formula is C21H20O5. The second-order valence-electron chi connectivity index (χ2n) is 6.33. The predicted molar refractivity (Wildman–Crippen MR) is 101 cm³/mol. The number of hydrogen-bond acceptors (Lipinski definition) is 5. The Balaban J connectivity index is 2.15. The first-order chi connectivity index (χ1) is 12.4. The van der Waals surface area contributed by atoms with Gasteiger partial charge in [-0.05, 0) is 49.6 Å². The van der Waals surface area contributed by atoms with Crippen molar-refractivity contribution in [2.75, 3.05) is 7.11 Å². The minimum absolute atomic E-state index is 0.0930. The largest absolute Gasteiger partial charge is 0.508 e. The van der Waals surface area contributed by atoms with Crippen LogP contribution in [0.5, 0.6) is 17.2 Å². The predicted octanol–water partition coefficient (Wildman–Crippen LogP) is 4.39. The number of rotatable bonds is 4. The molecule has 2 aromatic carbocycles. The molecule has 3 rings (SSSR count). The molecule has 0 saturated carbocycles. The summed E-state index contributed by atoms with van der Waals surface area (Å²) < 4.78 is 10.6. The highest BCUT2D eigenvalue weighted by atomic mass is 16.5. The first-order valence-electron chi connectivity index (χ1n) is 8.19. The summed E-state index contributed by atoms with van der Waals surface area (Å²) in [5.41, 5.74) is 2.95. The second-order valence-corrected chi connectivity index (χ2v) is 6.33. The van der Waals surface area contributed by atoms with E-state index in [4.69, 9.17) is 9.15 Å². The topological polar surface area (TPSA) is 79.9 Å². The lowest BCUT2D eigenvalue weighted by atomic mass is 10.0. The van der Waals surface area contributed by atoms with Crippen LogP contribution in [0.3, 0.4) is 0 Å². The first kappa shape index (κ1) is 17.6. The van der Waals surface area contributed by atoms with Gasteiger partial charge in [0.2, 0.25) is 5.43 Å². The van der Waals surface area contributed by atoms with E-state index in [0.717, 1.165) is 11.1 Å². The molecule has 134 valence electrons. The van der Waals surface area contributed by atoms with Gasteiger partial charge in [0.25, 0.3) is 0 Å². The molecule has 26 heavy (non-hydrogen) atoms. The minimum Gasteiger partial charge on any atom is -0.508 e. The van der Waals surface area contributed by atoms with Crippen molar-refractivity contribution >= 4 is 11.0 Å². The van der Waals surface area contributed by atoms with Crippen LogP contribution in [0.1, 0.15) is 19.4 Å². The number of ether oxygens (including phenoxy) is 1. The third kappa shape index (κ3) is 3.28. The highest BCUT2D eigenvalue weighted by Gasteiger charge is 2.14. The number of phenols is 2. The Kier molecular flexibility index (Phi) is 4.71. The van der Waals surface area contributed by atoms with E-state index in [1.54, 1.807) is 18.2 Å². The Morgan fingerprint density at radius 3 is 2.62 bits per heavy atom. The van der Waals surface area contributed by atoms with E-state index >= 15 is 0 Å². The van der Waals surface area contributed by atoms with Crippen molar-refractivity contribution in [2.24, 2.45) is 0 Å². The molecule has 0 saturated heterocycles. The summed E-state index contributed by atoms with van der Waals surface area (Å²) in [6.07, 6.45) is 3.95. The molecular weight excluding hydrogens is 332 g/mol. The molecule has 1 aromatic heterocycles. The molecule has 0 bridgehead atoms.